The maximum Gasteiger partial charge on any atom is 0.248 e. The highest BCUT2D eigenvalue weighted by molar-refractivity contribution is 6.11. The number of benzene rings is 2. The summed E-state index contributed by atoms with van der Waals surface area (Å²) >= 11 is 0. The molecule has 2 aliphatic rings. The molecule has 0 N–H and O–H groups in total. The summed E-state index contributed by atoms with van der Waals surface area (Å²) in [6.45, 7) is 2.10. The highest BCUT2D eigenvalue weighted by Crippen LogP contribution is 2.34. The number of amides is 1. The number of hydrogen-bond donors (Lipinski definition) is 0. The molecular weight excluding hydrogens is 300 g/mol. The molecule has 2 aromatic rings. The first kappa shape index (κ1) is 14.9. The average Bonchev–Trinajstić information content (AvgIpc) is 2.61. The Morgan fingerprint density at radius 2 is 1.96 bits per heavy atom. The number of nitrogens with zero attached hydrogens (tertiary/aromatic N) is 2. The van der Waals surface area contributed by atoms with Crippen molar-refractivity contribution in [1.82, 2.24) is 0 Å². The highest BCUT2D eigenvalue weighted by atomic mass is 16.5. The van der Waals surface area contributed by atoms with Crippen LogP contribution in [0.5, 0.6) is 5.75 Å². The van der Waals surface area contributed by atoms with Gasteiger partial charge in [0.25, 0.3) is 0 Å². The zero-order valence-electron chi connectivity index (χ0n) is 14.0. The minimum atomic E-state index is 0.0602. The number of carbonyl (C=O) groups is 1. The van der Waals surface area contributed by atoms with E-state index in [9.17, 15) is 4.79 Å². The van der Waals surface area contributed by atoms with E-state index in [1.54, 1.807) is 12.1 Å². The Morgan fingerprint density at radius 1 is 1.17 bits per heavy atom. The van der Waals surface area contributed by atoms with Gasteiger partial charge in [0.2, 0.25) is 5.91 Å². The van der Waals surface area contributed by atoms with Gasteiger partial charge in [-0.1, -0.05) is 17.7 Å². The van der Waals surface area contributed by atoms with Gasteiger partial charge in [-0.05, 0) is 55.7 Å². The van der Waals surface area contributed by atoms with Crippen LogP contribution in [0.2, 0.25) is 0 Å². The van der Waals surface area contributed by atoms with Gasteiger partial charge < -0.3 is 4.74 Å². The van der Waals surface area contributed by atoms with Gasteiger partial charge in [-0.15, -0.1) is 0 Å². The summed E-state index contributed by atoms with van der Waals surface area (Å²) in [5, 5.41) is 6.30. The summed E-state index contributed by atoms with van der Waals surface area (Å²) in [5.74, 6) is 1.07. The zero-order chi connectivity index (χ0) is 16.7. The second kappa shape index (κ2) is 5.78. The van der Waals surface area contributed by atoms with E-state index in [-0.39, 0.29) is 11.8 Å². The van der Waals surface area contributed by atoms with E-state index >= 15 is 0 Å². The number of hydrazone groups is 1. The minimum absolute atomic E-state index is 0.0602. The number of aryl methyl sites for hydroxylation is 2. The van der Waals surface area contributed by atoms with Gasteiger partial charge in [0.05, 0.1) is 18.5 Å². The SMILES string of the molecule is COc1ccc(N2N=C3c4cc(C)ccc4CCC3CC2=O)cc1. The maximum atomic E-state index is 12.6. The fourth-order valence-electron chi connectivity index (χ4n) is 3.55. The van der Waals surface area contributed by atoms with Gasteiger partial charge in [0.15, 0.2) is 0 Å². The van der Waals surface area contributed by atoms with Gasteiger partial charge in [0, 0.05) is 17.9 Å². The Hall–Kier alpha value is -2.62. The lowest BCUT2D eigenvalue weighted by atomic mass is 9.79. The first-order chi connectivity index (χ1) is 11.7. The van der Waals surface area contributed by atoms with Crippen LogP contribution in [-0.2, 0) is 11.2 Å². The quantitative estimate of drug-likeness (QED) is 0.846. The number of anilines is 1. The summed E-state index contributed by atoms with van der Waals surface area (Å²) < 4.78 is 5.19. The van der Waals surface area contributed by atoms with E-state index in [0.29, 0.717) is 6.42 Å². The molecule has 122 valence electrons. The van der Waals surface area contributed by atoms with Crippen LogP contribution in [0.25, 0.3) is 0 Å². The predicted molar refractivity (Wildman–Crippen MR) is 94.6 cm³/mol. The van der Waals surface area contributed by atoms with Gasteiger partial charge >= 0.3 is 0 Å². The van der Waals surface area contributed by atoms with Crippen molar-refractivity contribution in [2.24, 2.45) is 11.0 Å². The van der Waals surface area contributed by atoms with Crippen LogP contribution in [0, 0.1) is 12.8 Å². The smallest absolute Gasteiger partial charge is 0.248 e. The Kier molecular flexibility index (Phi) is 3.60. The molecule has 4 heteroatoms. The molecule has 0 saturated carbocycles. The van der Waals surface area contributed by atoms with E-state index in [4.69, 9.17) is 9.84 Å². The molecule has 1 heterocycles. The maximum absolute atomic E-state index is 12.6. The Morgan fingerprint density at radius 3 is 2.71 bits per heavy atom. The van der Waals surface area contributed by atoms with Crippen molar-refractivity contribution >= 4 is 17.3 Å². The van der Waals surface area contributed by atoms with Crippen molar-refractivity contribution in [1.29, 1.82) is 0 Å². The predicted octanol–water partition coefficient (Wildman–Crippen LogP) is 3.71. The molecule has 1 amide bonds. The molecule has 0 bridgehead atoms. The Labute approximate surface area is 141 Å². The lowest BCUT2D eigenvalue weighted by molar-refractivity contribution is -0.119. The van der Waals surface area contributed by atoms with Crippen LogP contribution in [0.4, 0.5) is 5.69 Å². The van der Waals surface area contributed by atoms with Crippen molar-refractivity contribution < 1.29 is 9.53 Å². The molecule has 1 atom stereocenters. The largest absolute Gasteiger partial charge is 0.497 e. The average molecular weight is 320 g/mol. The summed E-state index contributed by atoms with van der Waals surface area (Å²) in [6.07, 6.45) is 2.55. The van der Waals surface area contributed by atoms with Crippen LogP contribution in [0.1, 0.15) is 29.5 Å². The van der Waals surface area contributed by atoms with E-state index in [0.717, 1.165) is 30.0 Å². The van der Waals surface area contributed by atoms with E-state index in [2.05, 4.69) is 25.1 Å². The molecule has 0 saturated heterocycles. The van der Waals surface area contributed by atoms with Crippen LogP contribution < -0.4 is 9.75 Å². The number of carbonyl (C=O) groups excluding carboxylic acids is 1. The molecule has 24 heavy (non-hydrogen) atoms. The number of ether oxygens (including phenoxy) is 1. The second-order valence-electron chi connectivity index (χ2n) is 6.49. The third kappa shape index (κ3) is 2.48. The minimum Gasteiger partial charge on any atom is -0.497 e. The van der Waals surface area contributed by atoms with Gasteiger partial charge in [-0.2, -0.15) is 5.10 Å². The van der Waals surface area contributed by atoms with Gasteiger partial charge in [-0.3, -0.25) is 4.79 Å². The standard InChI is InChI=1S/C20H20N2O2/c1-13-3-4-14-5-6-15-12-19(23)22(21-20(15)18(14)11-13)16-7-9-17(24-2)10-8-16/h3-4,7-11,15H,5-6,12H2,1-2H3. The fraction of sp³-hybridized carbons (Fsp3) is 0.300. The third-order valence-electron chi connectivity index (χ3n) is 4.87. The molecule has 1 unspecified atom stereocenters. The number of fused-ring (bicyclic) bond motifs is 3. The molecule has 1 aliphatic carbocycles. The van der Waals surface area contributed by atoms with Crippen LogP contribution in [0.3, 0.4) is 0 Å². The van der Waals surface area contributed by atoms with E-state index in [1.807, 2.05) is 24.3 Å². The first-order valence-corrected chi connectivity index (χ1v) is 8.31. The number of rotatable bonds is 2. The molecule has 4 nitrogen and oxygen atoms in total. The third-order valence-corrected chi connectivity index (χ3v) is 4.87. The van der Waals surface area contributed by atoms with E-state index < -0.39 is 0 Å². The molecule has 0 fully saturated rings. The molecule has 2 aromatic carbocycles. The summed E-state index contributed by atoms with van der Waals surface area (Å²) in [7, 11) is 1.63. The van der Waals surface area contributed by atoms with Crippen molar-refractivity contribution in [3.8, 4) is 5.75 Å². The Bertz CT molecular complexity index is 824. The fourth-order valence-corrected chi connectivity index (χ4v) is 3.55. The zero-order valence-corrected chi connectivity index (χ0v) is 14.0. The number of hydrogen-bond acceptors (Lipinski definition) is 3. The van der Waals surface area contributed by atoms with E-state index in [1.165, 1.54) is 16.7 Å². The summed E-state index contributed by atoms with van der Waals surface area (Å²) in [6, 6.07) is 14.0. The monoisotopic (exact) mass is 320 g/mol. The highest BCUT2D eigenvalue weighted by Gasteiger charge is 2.34. The molecule has 0 aromatic heterocycles. The van der Waals surface area contributed by atoms with Crippen molar-refractivity contribution in [2.45, 2.75) is 26.2 Å². The van der Waals surface area contributed by atoms with Gasteiger partial charge in [-0.25, -0.2) is 5.01 Å². The molecule has 0 spiro atoms. The lowest BCUT2D eigenvalue weighted by Crippen LogP contribution is -2.39. The molecular formula is C20H20N2O2. The summed E-state index contributed by atoms with van der Waals surface area (Å²) in [5.41, 5.74) is 5.60. The second-order valence-corrected chi connectivity index (χ2v) is 6.49. The normalized spacial score (nSPS) is 19.4. The first-order valence-electron chi connectivity index (χ1n) is 8.31. The molecule has 4 rings (SSSR count). The number of methoxy groups -OCH3 is 1. The molecule has 0 radical (unpaired) electrons. The van der Waals surface area contributed by atoms with Crippen molar-refractivity contribution in [3.05, 3.63) is 59.2 Å². The van der Waals surface area contributed by atoms with Crippen LogP contribution in [0.15, 0.2) is 47.6 Å². The molecule has 1 aliphatic heterocycles. The van der Waals surface area contributed by atoms with Crippen molar-refractivity contribution in [3.63, 3.8) is 0 Å². The summed E-state index contributed by atoms with van der Waals surface area (Å²) in [4.78, 5) is 12.6. The van der Waals surface area contributed by atoms with Gasteiger partial charge in [0.1, 0.15) is 5.75 Å². The van der Waals surface area contributed by atoms with Crippen molar-refractivity contribution in [2.75, 3.05) is 12.1 Å². The lowest BCUT2D eigenvalue weighted by Gasteiger charge is -2.33. The van der Waals surface area contributed by atoms with Crippen LogP contribution >= 0.6 is 0 Å². The van der Waals surface area contributed by atoms with Crippen LogP contribution in [-0.4, -0.2) is 18.7 Å². The Balaban J connectivity index is 1.77. The topological polar surface area (TPSA) is 41.9 Å².